The average molecular weight is 316 g/mol. The highest BCUT2D eigenvalue weighted by molar-refractivity contribution is 5.53. The lowest BCUT2D eigenvalue weighted by Gasteiger charge is -2.27. The zero-order chi connectivity index (χ0) is 16.4. The summed E-state index contributed by atoms with van der Waals surface area (Å²) in [5.74, 6) is 3.14. The van der Waals surface area contributed by atoms with Gasteiger partial charge in [-0.3, -0.25) is 0 Å². The number of ether oxygens (including phenoxy) is 4. The Balaban J connectivity index is 1.97. The predicted molar refractivity (Wildman–Crippen MR) is 86.1 cm³/mol. The van der Waals surface area contributed by atoms with Crippen LogP contribution in [0.25, 0.3) is 0 Å². The molecule has 5 nitrogen and oxygen atoms in total. The molecule has 0 spiro atoms. The molecule has 1 aliphatic heterocycles. The average Bonchev–Trinajstić information content (AvgIpc) is 2.59. The van der Waals surface area contributed by atoms with Gasteiger partial charge in [-0.15, -0.1) is 0 Å². The molecule has 2 aromatic rings. The number of aromatic hydroxyl groups is 1. The van der Waals surface area contributed by atoms with E-state index in [-0.39, 0.29) is 11.7 Å². The van der Waals surface area contributed by atoms with Gasteiger partial charge in [0.05, 0.1) is 27.9 Å². The number of phenols is 1. The zero-order valence-electron chi connectivity index (χ0n) is 13.5. The highest BCUT2D eigenvalue weighted by atomic mass is 16.5. The largest absolute Gasteiger partial charge is 0.508 e. The first kappa shape index (κ1) is 15.3. The van der Waals surface area contributed by atoms with E-state index in [1.54, 1.807) is 33.5 Å². The number of rotatable bonds is 4. The highest BCUT2D eigenvalue weighted by Gasteiger charge is 2.26. The van der Waals surface area contributed by atoms with Crippen LogP contribution >= 0.6 is 0 Å². The minimum Gasteiger partial charge on any atom is -0.508 e. The van der Waals surface area contributed by atoms with Gasteiger partial charge in [0.25, 0.3) is 0 Å². The van der Waals surface area contributed by atoms with Crippen molar-refractivity contribution in [2.45, 2.75) is 12.3 Å². The molecule has 1 heterocycles. The second-order valence-electron chi connectivity index (χ2n) is 5.45. The normalized spacial score (nSPS) is 16.2. The molecule has 0 aliphatic carbocycles. The zero-order valence-corrected chi connectivity index (χ0v) is 13.5. The van der Waals surface area contributed by atoms with Crippen molar-refractivity contribution in [2.75, 3.05) is 27.9 Å². The second-order valence-corrected chi connectivity index (χ2v) is 5.45. The van der Waals surface area contributed by atoms with Crippen LogP contribution in [-0.4, -0.2) is 33.0 Å². The van der Waals surface area contributed by atoms with Crippen LogP contribution in [0.2, 0.25) is 0 Å². The molecule has 0 unspecified atom stereocenters. The van der Waals surface area contributed by atoms with Crippen LogP contribution in [0.1, 0.15) is 17.0 Å². The van der Waals surface area contributed by atoms with Crippen molar-refractivity contribution < 1.29 is 24.1 Å². The van der Waals surface area contributed by atoms with Gasteiger partial charge >= 0.3 is 0 Å². The lowest BCUT2D eigenvalue weighted by atomic mass is 9.89. The molecule has 0 aromatic heterocycles. The maximum Gasteiger partial charge on any atom is 0.164 e. The van der Waals surface area contributed by atoms with Gasteiger partial charge in [-0.25, -0.2) is 0 Å². The summed E-state index contributed by atoms with van der Waals surface area (Å²) >= 11 is 0. The number of hydrogen-bond acceptors (Lipinski definition) is 5. The predicted octanol–water partition coefficient (Wildman–Crippen LogP) is 3.14. The fourth-order valence-electron chi connectivity index (χ4n) is 2.93. The van der Waals surface area contributed by atoms with Crippen LogP contribution < -0.4 is 18.9 Å². The summed E-state index contributed by atoms with van der Waals surface area (Å²) in [4.78, 5) is 0. The summed E-state index contributed by atoms with van der Waals surface area (Å²) in [5, 5.41) is 9.55. The van der Waals surface area contributed by atoms with Gasteiger partial charge in [0.15, 0.2) is 11.5 Å². The van der Waals surface area contributed by atoms with E-state index in [0.717, 1.165) is 29.0 Å². The molecule has 0 saturated carbocycles. The number of hydrogen-bond donors (Lipinski definition) is 1. The van der Waals surface area contributed by atoms with Gasteiger partial charge in [-0.2, -0.15) is 0 Å². The Labute approximate surface area is 135 Å². The first-order chi connectivity index (χ1) is 11.2. The minimum atomic E-state index is 0.141. The van der Waals surface area contributed by atoms with E-state index in [4.69, 9.17) is 18.9 Å². The van der Waals surface area contributed by atoms with E-state index in [0.29, 0.717) is 18.1 Å². The Hall–Kier alpha value is -2.56. The molecule has 0 fully saturated rings. The van der Waals surface area contributed by atoms with Crippen molar-refractivity contribution in [3.8, 4) is 28.7 Å². The molecule has 0 bridgehead atoms. The van der Waals surface area contributed by atoms with E-state index >= 15 is 0 Å². The Kier molecular flexibility index (Phi) is 4.19. The summed E-state index contributed by atoms with van der Waals surface area (Å²) in [6, 6.07) is 9.00. The second kappa shape index (κ2) is 6.28. The Morgan fingerprint density at radius 1 is 0.957 bits per heavy atom. The van der Waals surface area contributed by atoms with E-state index < -0.39 is 0 Å². The standard InChI is InChI=1S/C18H20O5/c1-20-16-9-18(22-3)17(21-2)8-14(16)12-6-11-4-5-13(19)7-15(11)23-10-12/h4-5,7-9,12,19H,6,10H2,1-3H3/t12-/m1/s1. The van der Waals surface area contributed by atoms with E-state index in [9.17, 15) is 5.11 Å². The SMILES string of the molecule is COc1cc(OC)c([C@H]2COc3cc(O)ccc3C2)cc1OC. The van der Waals surface area contributed by atoms with Crippen molar-refractivity contribution in [3.63, 3.8) is 0 Å². The first-order valence-electron chi connectivity index (χ1n) is 7.40. The molecule has 3 rings (SSSR count). The van der Waals surface area contributed by atoms with Gasteiger partial charge in [-0.05, 0) is 24.1 Å². The molecule has 1 N–H and O–H groups in total. The number of phenolic OH excluding ortho intramolecular Hbond substituents is 1. The van der Waals surface area contributed by atoms with Gasteiger partial charge in [0, 0.05) is 23.6 Å². The molecular formula is C18H20O5. The molecule has 1 aliphatic rings. The van der Waals surface area contributed by atoms with E-state index in [1.165, 1.54) is 0 Å². The number of methoxy groups -OCH3 is 3. The summed E-state index contributed by atoms with van der Waals surface area (Å²) in [6.45, 7) is 0.516. The fourth-order valence-corrected chi connectivity index (χ4v) is 2.93. The van der Waals surface area contributed by atoms with E-state index in [1.807, 2.05) is 18.2 Å². The van der Waals surface area contributed by atoms with Crippen LogP contribution in [0.3, 0.4) is 0 Å². The van der Waals surface area contributed by atoms with Crippen molar-refractivity contribution in [2.24, 2.45) is 0 Å². The smallest absolute Gasteiger partial charge is 0.164 e. The molecule has 122 valence electrons. The third kappa shape index (κ3) is 2.86. The summed E-state index contributed by atoms with van der Waals surface area (Å²) in [7, 11) is 4.85. The lowest BCUT2D eigenvalue weighted by Crippen LogP contribution is -2.19. The third-order valence-corrected chi connectivity index (χ3v) is 4.13. The van der Waals surface area contributed by atoms with Gasteiger partial charge in [-0.1, -0.05) is 6.07 Å². The summed E-state index contributed by atoms with van der Waals surface area (Å²) < 4.78 is 22.1. The lowest BCUT2D eigenvalue weighted by molar-refractivity contribution is 0.257. The van der Waals surface area contributed by atoms with Crippen molar-refractivity contribution in [1.29, 1.82) is 0 Å². The first-order valence-corrected chi connectivity index (χ1v) is 7.40. The van der Waals surface area contributed by atoms with Gasteiger partial charge in [0.2, 0.25) is 0 Å². The fraction of sp³-hybridized carbons (Fsp3) is 0.333. The Bertz CT molecular complexity index is 711. The molecule has 0 saturated heterocycles. The van der Waals surface area contributed by atoms with Crippen molar-refractivity contribution in [3.05, 3.63) is 41.5 Å². The maximum absolute atomic E-state index is 9.55. The van der Waals surface area contributed by atoms with Crippen molar-refractivity contribution >= 4 is 0 Å². The molecule has 23 heavy (non-hydrogen) atoms. The molecule has 2 aromatic carbocycles. The summed E-state index contributed by atoms with van der Waals surface area (Å²) in [6.07, 6.45) is 0.807. The van der Waals surface area contributed by atoms with E-state index in [2.05, 4.69) is 0 Å². The Morgan fingerprint density at radius 2 is 1.65 bits per heavy atom. The van der Waals surface area contributed by atoms with Gasteiger partial charge < -0.3 is 24.1 Å². The van der Waals surface area contributed by atoms with Crippen molar-refractivity contribution in [1.82, 2.24) is 0 Å². The highest BCUT2D eigenvalue weighted by Crippen LogP contribution is 2.42. The minimum absolute atomic E-state index is 0.141. The van der Waals surface area contributed by atoms with Crippen LogP contribution in [0, 0.1) is 0 Å². The maximum atomic E-state index is 9.55. The summed E-state index contributed by atoms with van der Waals surface area (Å²) in [5.41, 5.74) is 2.08. The van der Waals surface area contributed by atoms with Crippen LogP contribution in [-0.2, 0) is 6.42 Å². The van der Waals surface area contributed by atoms with Crippen LogP contribution in [0.15, 0.2) is 30.3 Å². The molecule has 0 amide bonds. The third-order valence-electron chi connectivity index (χ3n) is 4.13. The van der Waals surface area contributed by atoms with Gasteiger partial charge in [0.1, 0.15) is 17.2 Å². The van der Waals surface area contributed by atoms with Crippen LogP contribution in [0.4, 0.5) is 0 Å². The molecular weight excluding hydrogens is 296 g/mol. The number of fused-ring (bicyclic) bond motifs is 1. The molecule has 5 heteroatoms. The van der Waals surface area contributed by atoms with Crippen LogP contribution in [0.5, 0.6) is 28.7 Å². The molecule has 1 atom stereocenters. The number of benzene rings is 2. The Morgan fingerprint density at radius 3 is 2.35 bits per heavy atom. The topological polar surface area (TPSA) is 57.2 Å². The molecule has 0 radical (unpaired) electrons. The monoisotopic (exact) mass is 316 g/mol. The quantitative estimate of drug-likeness (QED) is 0.939.